The average molecular weight is 321 g/mol. The molecule has 0 atom stereocenters. The molecule has 122 valence electrons. The number of halogens is 2. The highest BCUT2D eigenvalue weighted by Gasteiger charge is 2.20. The van der Waals surface area contributed by atoms with Crippen molar-refractivity contribution in [2.45, 2.75) is 20.1 Å². The lowest BCUT2D eigenvalue weighted by Crippen LogP contribution is -2.24. The number of methoxy groups -OCH3 is 1. The molecule has 0 bridgehead atoms. The Morgan fingerprint density at radius 3 is 2.57 bits per heavy atom. The van der Waals surface area contributed by atoms with E-state index in [0.717, 1.165) is 11.1 Å². The van der Waals surface area contributed by atoms with Gasteiger partial charge < -0.3 is 14.8 Å². The SMILES string of the molecule is COc1cccc(C(=O)NCc2ccccc2C)c1OC(F)F. The van der Waals surface area contributed by atoms with Crippen LogP contribution in [0.2, 0.25) is 0 Å². The number of benzene rings is 2. The maximum Gasteiger partial charge on any atom is 0.387 e. The molecular weight excluding hydrogens is 304 g/mol. The van der Waals surface area contributed by atoms with Gasteiger partial charge in [0.2, 0.25) is 0 Å². The molecule has 0 heterocycles. The molecule has 2 rings (SSSR count). The van der Waals surface area contributed by atoms with Crippen LogP contribution in [0.3, 0.4) is 0 Å². The first-order chi connectivity index (χ1) is 11.0. The van der Waals surface area contributed by atoms with Gasteiger partial charge in [-0.05, 0) is 30.2 Å². The summed E-state index contributed by atoms with van der Waals surface area (Å²) in [7, 11) is 1.32. The molecule has 4 nitrogen and oxygen atoms in total. The fourth-order valence-corrected chi connectivity index (χ4v) is 2.15. The van der Waals surface area contributed by atoms with Crippen LogP contribution < -0.4 is 14.8 Å². The van der Waals surface area contributed by atoms with Gasteiger partial charge in [-0.3, -0.25) is 4.79 Å². The number of hydrogen-bond acceptors (Lipinski definition) is 3. The minimum absolute atomic E-state index is 0.00164. The zero-order valence-corrected chi connectivity index (χ0v) is 12.8. The van der Waals surface area contributed by atoms with Crippen LogP contribution in [0.15, 0.2) is 42.5 Å². The zero-order valence-electron chi connectivity index (χ0n) is 12.8. The Hall–Kier alpha value is -2.63. The number of para-hydroxylation sites is 1. The summed E-state index contributed by atoms with van der Waals surface area (Å²) in [6.45, 7) is -0.830. The molecule has 6 heteroatoms. The third-order valence-corrected chi connectivity index (χ3v) is 3.35. The van der Waals surface area contributed by atoms with Gasteiger partial charge in [0.05, 0.1) is 12.7 Å². The monoisotopic (exact) mass is 321 g/mol. The highest BCUT2D eigenvalue weighted by molar-refractivity contribution is 5.97. The fourth-order valence-electron chi connectivity index (χ4n) is 2.15. The number of nitrogens with one attached hydrogen (secondary N) is 1. The van der Waals surface area contributed by atoms with Gasteiger partial charge in [0.1, 0.15) is 0 Å². The molecular formula is C17H17F2NO3. The molecule has 0 fully saturated rings. The smallest absolute Gasteiger partial charge is 0.387 e. The average Bonchev–Trinajstić information content (AvgIpc) is 2.53. The van der Waals surface area contributed by atoms with Gasteiger partial charge in [-0.15, -0.1) is 0 Å². The maximum atomic E-state index is 12.6. The number of carbonyl (C=O) groups excluding carboxylic acids is 1. The van der Waals surface area contributed by atoms with Gasteiger partial charge in [-0.25, -0.2) is 0 Å². The molecule has 2 aromatic rings. The van der Waals surface area contributed by atoms with Crippen molar-refractivity contribution in [2.75, 3.05) is 7.11 Å². The largest absolute Gasteiger partial charge is 0.493 e. The summed E-state index contributed by atoms with van der Waals surface area (Å²) in [4.78, 5) is 12.3. The summed E-state index contributed by atoms with van der Waals surface area (Å²) in [6, 6.07) is 12.0. The van der Waals surface area contributed by atoms with Gasteiger partial charge in [-0.1, -0.05) is 30.3 Å². The van der Waals surface area contributed by atoms with E-state index in [-0.39, 0.29) is 23.6 Å². The normalized spacial score (nSPS) is 10.5. The molecule has 0 aliphatic carbocycles. The summed E-state index contributed by atoms with van der Waals surface area (Å²) in [5.41, 5.74) is 1.97. The van der Waals surface area contributed by atoms with E-state index in [0.29, 0.717) is 0 Å². The number of ether oxygens (including phenoxy) is 2. The van der Waals surface area contributed by atoms with E-state index in [9.17, 15) is 13.6 Å². The first kappa shape index (κ1) is 16.7. The van der Waals surface area contributed by atoms with Crippen molar-refractivity contribution >= 4 is 5.91 Å². The van der Waals surface area contributed by atoms with E-state index in [1.54, 1.807) is 6.07 Å². The van der Waals surface area contributed by atoms with Crippen LogP contribution in [-0.2, 0) is 6.54 Å². The lowest BCUT2D eigenvalue weighted by Gasteiger charge is -2.14. The summed E-state index contributed by atoms with van der Waals surface area (Å²) >= 11 is 0. The van der Waals surface area contributed by atoms with Crippen molar-refractivity contribution in [1.29, 1.82) is 0 Å². The van der Waals surface area contributed by atoms with Crippen molar-refractivity contribution in [1.82, 2.24) is 5.32 Å². The number of alkyl halides is 2. The number of amides is 1. The molecule has 0 spiro atoms. The Kier molecular flexibility index (Phi) is 5.51. The van der Waals surface area contributed by atoms with E-state index in [1.165, 1.54) is 19.2 Å². The second-order valence-electron chi connectivity index (χ2n) is 4.82. The van der Waals surface area contributed by atoms with E-state index >= 15 is 0 Å². The number of rotatable bonds is 6. The molecule has 1 amide bonds. The van der Waals surface area contributed by atoms with Gasteiger partial charge in [0.15, 0.2) is 11.5 Å². The van der Waals surface area contributed by atoms with Gasteiger partial charge in [-0.2, -0.15) is 8.78 Å². The highest BCUT2D eigenvalue weighted by atomic mass is 19.3. The van der Waals surface area contributed by atoms with Crippen LogP contribution in [0.1, 0.15) is 21.5 Å². The minimum atomic E-state index is -3.05. The first-order valence-corrected chi connectivity index (χ1v) is 6.97. The predicted octanol–water partition coefficient (Wildman–Crippen LogP) is 3.54. The second kappa shape index (κ2) is 7.58. The van der Waals surface area contributed by atoms with Crippen LogP contribution in [0.25, 0.3) is 0 Å². The van der Waals surface area contributed by atoms with Crippen LogP contribution in [-0.4, -0.2) is 19.6 Å². The van der Waals surface area contributed by atoms with Crippen molar-refractivity contribution in [3.8, 4) is 11.5 Å². The second-order valence-corrected chi connectivity index (χ2v) is 4.82. The molecule has 23 heavy (non-hydrogen) atoms. The lowest BCUT2D eigenvalue weighted by molar-refractivity contribution is -0.0515. The maximum absolute atomic E-state index is 12.6. The van der Waals surface area contributed by atoms with Crippen molar-refractivity contribution in [2.24, 2.45) is 0 Å². The molecule has 0 saturated carbocycles. The quantitative estimate of drug-likeness (QED) is 0.885. The lowest BCUT2D eigenvalue weighted by atomic mass is 10.1. The topological polar surface area (TPSA) is 47.6 Å². The Morgan fingerprint density at radius 1 is 1.17 bits per heavy atom. The molecule has 1 N–H and O–H groups in total. The standard InChI is InChI=1S/C17H17F2NO3/c1-11-6-3-4-7-12(11)10-20-16(21)13-8-5-9-14(22-2)15(13)23-17(18)19/h3-9,17H,10H2,1-2H3,(H,20,21). The van der Waals surface area contributed by atoms with Crippen molar-refractivity contribution in [3.05, 3.63) is 59.2 Å². The summed E-state index contributed by atoms with van der Waals surface area (Å²) in [5, 5.41) is 2.70. The Balaban J connectivity index is 2.20. The van der Waals surface area contributed by atoms with Gasteiger partial charge in [0, 0.05) is 6.54 Å². The fraction of sp³-hybridized carbons (Fsp3) is 0.235. The van der Waals surface area contributed by atoms with E-state index < -0.39 is 12.5 Å². The summed E-state index contributed by atoms with van der Waals surface area (Å²) < 4.78 is 34.6. The molecule has 0 aliphatic rings. The molecule has 0 saturated heterocycles. The molecule has 0 aliphatic heterocycles. The van der Waals surface area contributed by atoms with Crippen LogP contribution in [0.4, 0.5) is 8.78 Å². The van der Waals surface area contributed by atoms with E-state index in [4.69, 9.17) is 4.74 Å². The van der Waals surface area contributed by atoms with E-state index in [2.05, 4.69) is 10.1 Å². The third-order valence-electron chi connectivity index (χ3n) is 3.35. The number of carbonyl (C=O) groups is 1. The molecule has 0 aromatic heterocycles. The van der Waals surface area contributed by atoms with Crippen LogP contribution in [0, 0.1) is 6.92 Å². The summed E-state index contributed by atoms with van der Waals surface area (Å²) in [5.74, 6) is -0.705. The molecule has 0 radical (unpaired) electrons. The number of aryl methyl sites for hydroxylation is 1. The van der Waals surface area contributed by atoms with Gasteiger partial charge >= 0.3 is 6.61 Å². The van der Waals surface area contributed by atoms with Crippen molar-refractivity contribution < 1.29 is 23.0 Å². The zero-order chi connectivity index (χ0) is 16.8. The van der Waals surface area contributed by atoms with Crippen molar-refractivity contribution in [3.63, 3.8) is 0 Å². The van der Waals surface area contributed by atoms with Crippen LogP contribution in [0.5, 0.6) is 11.5 Å². The predicted molar refractivity (Wildman–Crippen MR) is 82.0 cm³/mol. The molecule has 2 aromatic carbocycles. The summed E-state index contributed by atoms with van der Waals surface area (Å²) in [6.07, 6.45) is 0. The van der Waals surface area contributed by atoms with E-state index in [1.807, 2.05) is 31.2 Å². The number of hydrogen-bond donors (Lipinski definition) is 1. The molecule has 0 unspecified atom stereocenters. The Bertz CT molecular complexity index is 689. The third kappa shape index (κ3) is 4.18. The van der Waals surface area contributed by atoms with Gasteiger partial charge in [0.25, 0.3) is 5.91 Å². The highest BCUT2D eigenvalue weighted by Crippen LogP contribution is 2.32. The minimum Gasteiger partial charge on any atom is -0.493 e. The Morgan fingerprint density at radius 2 is 1.91 bits per heavy atom. The van der Waals surface area contributed by atoms with Crippen LogP contribution >= 0.6 is 0 Å². The Labute approximate surface area is 133 Å². The first-order valence-electron chi connectivity index (χ1n) is 6.97.